The summed E-state index contributed by atoms with van der Waals surface area (Å²) in [6.45, 7) is 3.87. The van der Waals surface area contributed by atoms with Crippen molar-refractivity contribution in [3.8, 4) is 11.8 Å². The van der Waals surface area contributed by atoms with Gasteiger partial charge in [0.15, 0.2) is 0 Å². The van der Waals surface area contributed by atoms with Crippen molar-refractivity contribution < 1.29 is 18.5 Å². The smallest absolute Gasteiger partial charge is 0.286 e. The summed E-state index contributed by atoms with van der Waals surface area (Å²) in [7, 11) is -1.62. The Balaban J connectivity index is 1.46. The number of halogens is 1. The summed E-state index contributed by atoms with van der Waals surface area (Å²) in [5, 5.41) is 9.87. The second-order valence-electron chi connectivity index (χ2n) is 13.0. The molecule has 10 nitrogen and oxygen atoms in total. The van der Waals surface area contributed by atoms with Crippen LogP contribution in [0, 0.1) is 29.1 Å². The second-order valence-corrected chi connectivity index (χ2v) is 15.4. The molecule has 48 heavy (non-hydrogen) atoms. The average molecular weight is 689 g/mol. The summed E-state index contributed by atoms with van der Waals surface area (Å²) in [6.07, 6.45) is 12.3. The Morgan fingerprint density at radius 2 is 1.96 bits per heavy atom. The molecule has 1 saturated carbocycles. The molecular formula is C36H41ClN6O4S. The summed E-state index contributed by atoms with van der Waals surface area (Å²) in [4.78, 5) is 24.5. The third kappa shape index (κ3) is 8.00. The number of aryl methyl sites for hydroxylation is 1. The molecule has 1 aromatic heterocycles. The number of carbonyl (C=O) groups excluding carboxylic acids is 1. The van der Waals surface area contributed by atoms with Crippen molar-refractivity contribution in [2.75, 3.05) is 35.6 Å². The van der Waals surface area contributed by atoms with Crippen LogP contribution in [0.15, 0.2) is 65.3 Å². The Hall–Kier alpha value is -3.98. The van der Waals surface area contributed by atoms with Gasteiger partial charge in [-0.1, -0.05) is 36.7 Å². The molecular weight excluding hydrogens is 648 g/mol. The van der Waals surface area contributed by atoms with Gasteiger partial charge < -0.3 is 14.4 Å². The third-order valence-electron chi connectivity index (χ3n) is 9.44. The highest BCUT2D eigenvalue weighted by molar-refractivity contribution is 7.95. The minimum atomic E-state index is -3.38. The lowest BCUT2D eigenvalue weighted by Crippen LogP contribution is -2.43. The zero-order chi connectivity index (χ0) is 33.7. The number of hydrogen-bond acceptors (Lipinski definition) is 8. The van der Waals surface area contributed by atoms with Gasteiger partial charge in [0, 0.05) is 30.8 Å². The number of aromatic nitrogens is 2. The van der Waals surface area contributed by atoms with E-state index < -0.39 is 15.8 Å². The highest BCUT2D eigenvalue weighted by atomic mass is 35.5. The largest absolute Gasteiger partial charge is 0.491 e. The van der Waals surface area contributed by atoms with Gasteiger partial charge in [0.1, 0.15) is 21.7 Å². The molecule has 1 unspecified atom stereocenters. The summed E-state index contributed by atoms with van der Waals surface area (Å²) in [5.74, 6) is 0.810. The number of nitriles is 1. The van der Waals surface area contributed by atoms with E-state index in [9.17, 15) is 9.00 Å². The average Bonchev–Trinajstić information content (AvgIpc) is 3.08. The Morgan fingerprint density at radius 3 is 2.71 bits per heavy atom. The molecule has 12 heteroatoms. The number of benzene rings is 2. The van der Waals surface area contributed by atoms with Gasteiger partial charge in [-0.05, 0) is 97.7 Å². The molecule has 3 aliphatic rings. The van der Waals surface area contributed by atoms with E-state index in [0.717, 1.165) is 49.4 Å². The minimum absolute atomic E-state index is 0.0306. The number of carbonyl (C=O) groups is 1. The number of nitrogens with one attached hydrogen (secondary N) is 1. The lowest BCUT2D eigenvalue weighted by atomic mass is 9.70. The summed E-state index contributed by atoms with van der Waals surface area (Å²) in [6, 6.07) is 13.4. The van der Waals surface area contributed by atoms with E-state index in [0.29, 0.717) is 42.7 Å². The topological polar surface area (TPSA) is 130 Å². The van der Waals surface area contributed by atoms with Gasteiger partial charge in [-0.2, -0.15) is 5.26 Å². The maximum atomic E-state index is 14.4. The fraction of sp³-hybridized carbons (Fsp3) is 0.444. The molecule has 2 bridgehead atoms. The highest BCUT2D eigenvalue weighted by Crippen LogP contribution is 2.42. The van der Waals surface area contributed by atoms with E-state index in [1.807, 2.05) is 31.2 Å². The van der Waals surface area contributed by atoms with Gasteiger partial charge in [-0.15, -0.1) is 4.36 Å². The second kappa shape index (κ2) is 15.1. The van der Waals surface area contributed by atoms with Crippen LogP contribution in [0.2, 0.25) is 5.02 Å². The highest BCUT2D eigenvalue weighted by Gasteiger charge is 2.38. The van der Waals surface area contributed by atoms with Crippen LogP contribution in [0.3, 0.4) is 0 Å². The first kappa shape index (κ1) is 33.9. The van der Waals surface area contributed by atoms with Gasteiger partial charge in [-0.3, -0.25) is 9.52 Å². The van der Waals surface area contributed by atoms with E-state index in [2.05, 4.69) is 48.2 Å². The fourth-order valence-electron chi connectivity index (χ4n) is 6.76. The summed E-state index contributed by atoms with van der Waals surface area (Å²) >= 11 is 6.45. The van der Waals surface area contributed by atoms with Crippen LogP contribution >= 0.6 is 11.6 Å². The first-order valence-electron chi connectivity index (χ1n) is 16.5. The van der Waals surface area contributed by atoms with Crippen molar-refractivity contribution >= 4 is 39.1 Å². The van der Waals surface area contributed by atoms with Gasteiger partial charge >= 0.3 is 0 Å². The first-order chi connectivity index (χ1) is 23.2. The monoisotopic (exact) mass is 688 g/mol. The number of methoxy groups -OCH3 is 1. The van der Waals surface area contributed by atoms with Crippen molar-refractivity contribution in [1.29, 1.82) is 5.26 Å². The van der Waals surface area contributed by atoms with Crippen molar-refractivity contribution in [3.05, 3.63) is 88.2 Å². The standard InChI is InChI=1S/C36H41ClN6O4S/c1-24-6-5-8-33(46-2)31-13-10-29(31)22-43-21-28-9-12-30(37)16-26(28)7-3-4-15-47-34-14-11-27(17-32(34)43)35(44)41-48(45,23-24)42-36-39-19-25(18-38)20-40-36/h5,8-9,11-12,14,16-17,19-20,24,29,31,33H,3-4,6-7,10,13,15,21-23H2,1-2H3,(H,39,40,41,42,44,45)/b8-5+/t24-,29-,31+,33-,48?/m0/s1. The SMILES string of the molecule is CO[C@H]1/C=C/C[C@H](C)CS(=O)(Nc2ncc(C#N)cn2)=NC(=O)c2ccc3c(c2)N(Cc2ccc(Cl)cc2CCCCO3)C[C@@H]2CC[C@H]21. The fourth-order valence-corrected chi connectivity index (χ4v) is 8.83. The number of amides is 1. The number of rotatable bonds is 3. The Bertz CT molecular complexity index is 1830. The molecule has 0 spiro atoms. The van der Waals surface area contributed by atoms with Crippen LogP contribution in [0.25, 0.3) is 0 Å². The van der Waals surface area contributed by atoms with E-state index in [1.165, 1.54) is 23.5 Å². The normalized spacial score (nSPS) is 27.0. The molecule has 252 valence electrons. The van der Waals surface area contributed by atoms with E-state index >= 15 is 0 Å². The van der Waals surface area contributed by atoms with E-state index in [-0.39, 0.29) is 29.3 Å². The molecule has 5 atom stereocenters. The van der Waals surface area contributed by atoms with Gasteiger partial charge in [0.2, 0.25) is 5.95 Å². The maximum absolute atomic E-state index is 14.4. The molecule has 2 aliphatic heterocycles. The Morgan fingerprint density at radius 1 is 1.12 bits per heavy atom. The predicted octanol–water partition coefficient (Wildman–Crippen LogP) is 7.00. The first-order valence-corrected chi connectivity index (χ1v) is 18.6. The molecule has 2 aromatic carbocycles. The quantitative estimate of drug-likeness (QED) is 0.291. The Labute approximate surface area is 287 Å². The number of anilines is 2. The van der Waals surface area contributed by atoms with Crippen LogP contribution in [-0.2, 0) is 27.6 Å². The number of allylic oxidation sites excluding steroid dienone is 1. The van der Waals surface area contributed by atoms with Crippen LogP contribution in [0.4, 0.5) is 11.6 Å². The zero-order valence-corrected chi connectivity index (χ0v) is 28.9. The molecule has 1 aliphatic carbocycles. The maximum Gasteiger partial charge on any atom is 0.286 e. The van der Waals surface area contributed by atoms with Gasteiger partial charge in [-0.25, -0.2) is 14.2 Å². The van der Waals surface area contributed by atoms with Crippen LogP contribution in [-0.4, -0.2) is 52.2 Å². The van der Waals surface area contributed by atoms with Crippen molar-refractivity contribution in [2.24, 2.45) is 22.1 Å². The number of nitrogens with zero attached hydrogens (tertiary/aromatic N) is 5. The van der Waals surface area contributed by atoms with E-state index in [1.54, 1.807) is 13.2 Å². The van der Waals surface area contributed by atoms with Crippen molar-refractivity contribution in [3.63, 3.8) is 0 Å². The zero-order valence-electron chi connectivity index (χ0n) is 27.3. The van der Waals surface area contributed by atoms with Crippen LogP contribution in [0.1, 0.15) is 66.1 Å². The molecule has 1 amide bonds. The van der Waals surface area contributed by atoms with Gasteiger partial charge in [0.05, 0.1) is 42.1 Å². The third-order valence-corrected chi connectivity index (χ3v) is 11.7. The van der Waals surface area contributed by atoms with Crippen molar-refractivity contribution in [1.82, 2.24) is 9.97 Å². The molecule has 0 saturated heterocycles. The van der Waals surface area contributed by atoms with Gasteiger partial charge in [0.25, 0.3) is 5.91 Å². The lowest BCUT2D eigenvalue weighted by molar-refractivity contribution is 0.0133. The lowest BCUT2D eigenvalue weighted by Gasteiger charge is -2.43. The predicted molar refractivity (Wildman–Crippen MR) is 187 cm³/mol. The molecule has 1 fully saturated rings. The summed E-state index contributed by atoms with van der Waals surface area (Å²) < 4.78 is 34.0. The molecule has 3 aromatic rings. The van der Waals surface area contributed by atoms with Crippen LogP contribution in [0.5, 0.6) is 5.75 Å². The summed E-state index contributed by atoms with van der Waals surface area (Å²) in [5.41, 5.74) is 3.77. The van der Waals surface area contributed by atoms with Crippen LogP contribution < -0.4 is 14.4 Å². The molecule has 6 rings (SSSR count). The number of fused-ring (bicyclic) bond motifs is 3. The minimum Gasteiger partial charge on any atom is -0.491 e. The number of hydrogen-bond donors (Lipinski definition) is 1. The molecule has 3 heterocycles. The van der Waals surface area contributed by atoms with E-state index in [4.69, 9.17) is 26.3 Å². The number of ether oxygens (including phenoxy) is 2. The van der Waals surface area contributed by atoms with Crippen molar-refractivity contribution in [2.45, 2.75) is 58.1 Å². The molecule has 0 radical (unpaired) electrons. The Kier molecular flexibility index (Phi) is 10.6. The molecule has 1 N–H and O–H groups in total.